The van der Waals surface area contributed by atoms with E-state index < -0.39 is 69.7 Å². The van der Waals surface area contributed by atoms with Gasteiger partial charge in [0.25, 0.3) is 0 Å². The third kappa shape index (κ3) is 5.87. The average molecular weight is 659 g/mol. The first-order valence-electron chi connectivity index (χ1n) is 15.6. The minimum absolute atomic E-state index is 0.00921. The number of thioether (sulfide) groups is 1. The van der Waals surface area contributed by atoms with Gasteiger partial charge in [0, 0.05) is 22.7 Å². The second-order valence-corrected chi connectivity index (χ2v) is 15.0. The summed E-state index contributed by atoms with van der Waals surface area (Å²) in [6, 6.07) is 2.97. The highest BCUT2D eigenvalue weighted by Crippen LogP contribution is 2.70. The Morgan fingerprint density at radius 3 is 2.63 bits per heavy atom. The van der Waals surface area contributed by atoms with Gasteiger partial charge >= 0.3 is 11.9 Å². The molecule has 0 saturated heterocycles. The Hall–Kier alpha value is -3.23. The lowest BCUT2D eigenvalue weighted by molar-refractivity contribution is -0.179. The first-order chi connectivity index (χ1) is 21.5. The van der Waals surface area contributed by atoms with E-state index in [0.717, 1.165) is 11.8 Å². The van der Waals surface area contributed by atoms with Gasteiger partial charge in [0.05, 0.1) is 24.5 Å². The molecule has 5 unspecified atom stereocenters. The lowest BCUT2D eigenvalue weighted by atomic mass is 9.46. The second kappa shape index (κ2) is 12.4. The first-order valence-corrected chi connectivity index (χ1v) is 16.5. The number of fused-ring (bicyclic) bond motifs is 5. The number of aliphatic hydroxyl groups is 1. The van der Waals surface area contributed by atoms with Crippen molar-refractivity contribution in [2.75, 3.05) is 12.4 Å². The molecule has 3 fully saturated rings. The van der Waals surface area contributed by atoms with E-state index in [-0.39, 0.29) is 48.6 Å². The Bertz CT molecular complexity index is 1520. The summed E-state index contributed by atoms with van der Waals surface area (Å²) in [5, 5.41) is 11.4. The second-order valence-electron chi connectivity index (χ2n) is 14.0. The van der Waals surface area contributed by atoms with Crippen LogP contribution < -0.4 is 0 Å². The van der Waals surface area contributed by atoms with Crippen LogP contribution in [0, 0.1) is 46.3 Å². The van der Waals surface area contributed by atoms with Gasteiger partial charge in [-0.1, -0.05) is 50.4 Å². The molecule has 3 saturated carbocycles. The lowest BCUT2D eigenvalue weighted by Crippen LogP contribution is -2.64. The summed E-state index contributed by atoms with van der Waals surface area (Å²) in [7, 11) is 0. The van der Waals surface area contributed by atoms with Crippen molar-refractivity contribution in [2.45, 2.75) is 83.8 Å². The third-order valence-corrected chi connectivity index (χ3v) is 11.4. The highest BCUT2D eigenvalue weighted by atomic mass is 32.2. The molecule has 8 nitrogen and oxygen atoms in total. The van der Waals surface area contributed by atoms with Gasteiger partial charge in [-0.2, -0.15) is 0 Å². The summed E-state index contributed by atoms with van der Waals surface area (Å²) in [5.41, 5.74) is -5.01. The number of esters is 2. The molecule has 4 aliphatic rings. The molecule has 1 heterocycles. The number of carbonyl (C=O) groups is 4. The van der Waals surface area contributed by atoms with Crippen molar-refractivity contribution in [1.29, 1.82) is 0 Å². The maximum atomic E-state index is 15.9. The average Bonchev–Trinajstić information content (AvgIpc) is 3.57. The zero-order valence-electron chi connectivity index (χ0n) is 26.6. The van der Waals surface area contributed by atoms with E-state index >= 15 is 4.39 Å². The van der Waals surface area contributed by atoms with Crippen LogP contribution >= 0.6 is 11.8 Å². The number of furan rings is 1. The largest absolute Gasteiger partial charge is 0.457 e. The van der Waals surface area contributed by atoms with Crippen molar-refractivity contribution in [3.63, 3.8) is 0 Å². The number of rotatable bonds is 7. The van der Waals surface area contributed by atoms with Gasteiger partial charge in [-0.3, -0.25) is 14.4 Å². The zero-order valence-corrected chi connectivity index (χ0v) is 27.5. The molecule has 0 bridgehead atoms. The van der Waals surface area contributed by atoms with Gasteiger partial charge in [-0.05, 0) is 74.8 Å². The van der Waals surface area contributed by atoms with Crippen molar-refractivity contribution in [2.24, 2.45) is 34.5 Å². The summed E-state index contributed by atoms with van der Waals surface area (Å²) in [4.78, 5) is 51.7. The van der Waals surface area contributed by atoms with E-state index in [1.165, 1.54) is 44.4 Å². The third-order valence-electron chi connectivity index (χ3n) is 10.6. The van der Waals surface area contributed by atoms with Crippen LogP contribution in [-0.2, 0) is 23.9 Å². The summed E-state index contributed by atoms with van der Waals surface area (Å²) in [5.74, 6) is 1.94. The Morgan fingerprint density at radius 1 is 1.22 bits per heavy atom. The number of ketones is 1. The molecule has 4 aliphatic carbocycles. The number of aliphatic hydroxyl groups excluding tert-OH is 1. The number of halogens is 2. The van der Waals surface area contributed by atoms with Crippen LogP contribution in [0.4, 0.5) is 8.78 Å². The van der Waals surface area contributed by atoms with Crippen LogP contribution in [-0.4, -0.2) is 63.8 Å². The maximum Gasteiger partial charge on any atom is 0.375 e. The van der Waals surface area contributed by atoms with Crippen LogP contribution in [0.3, 0.4) is 0 Å². The normalized spacial score (nSPS) is 36.3. The molecule has 248 valence electrons. The maximum absolute atomic E-state index is 15.9. The quantitative estimate of drug-likeness (QED) is 0.295. The smallest absolute Gasteiger partial charge is 0.375 e. The molecule has 9 atom stereocenters. The number of carbonyl (C=O) groups excluding carboxylic acids is 4. The lowest BCUT2D eigenvalue weighted by Gasteiger charge is -2.60. The van der Waals surface area contributed by atoms with Crippen LogP contribution in [0.2, 0.25) is 0 Å². The van der Waals surface area contributed by atoms with Crippen molar-refractivity contribution >= 4 is 34.6 Å². The molecule has 5 rings (SSSR count). The predicted molar refractivity (Wildman–Crippen MR) is 166 cm³/mol. The van der Waals surface area contributed by atoms with Crippen LogP contribution in [0.5, 0.6) is 0 Å². The summed E-state index contributed by atoms with van der Waals surface area (Å²) >= 11 is 0.853. The van der Waals surface area contributed by atoms with Gasteiger partial charge in [0.2, 0.25) is 10.9 Å². The topological polar surface area (TPSA) is 120 Å². The molecule has 0 aliphatic heterocycles. The summed E-state index contributed by atoms with van der Waals surface area (Å²) in [6.45, 7) is 7.80. The number of ether oxygens (including phenoxy) is 2. The van der Waals surface area contributed by atoms with E-state index in [9.17, 15) is 28.7 Å². The number of hydrogen-bond acceptors (Lipinski definition) is 9. The van der Waals surface area contributed by atoms with Crippen LogP contribution in [0.25, 0.3) is 0 Å². The van der Waals surface area contributed by atoms with E-state index in [0.29, 0.717) is 12.0 Å². The molecule has 0 spiro atoms. The Kier molecular flexibility index (Phi) is 9.21. The number of alkyl halides is 2. The van der Waals surface area contributed by atoms with Gasteiger partial charge in [-0.15, -0.1) is 0 Å². The zero-order chi connectivity index (χ0) is 33.7. The van der Waals surface area contributed by atoms with Crippen molar-refractivity contribution in [3.05, 3.63) is 48.0 Å². The minimum Gasteiger partial charge on any atom is -0.457 e. The SMILES string of the molecule is C[C@@H]1CC2C3C[C@H](F)C4=CC(=O)C=CC4(C)C3[C@@H](O)CC2(C)[C@@]1(OC(=O)c1ccco1)C(=O)SCC#CCOC(=O)CC(C)(C)F. The van der Waals surface area contributed by atoms with Crippen molar-refractivity contribution in [3.8, 4) is 11.8 Å². The monoisotopic (exact) mass is 658 g/mol. The molecule has 1 aromatic heterocycles. The molecule has 1 N–H and O–H groups in total. The summed E-state index contributed by atoms with van der Waals surface area (Å²) in [6.07, 6.45) is 3.62. The van der Waals surface area contributed by atoms with Crippen LogP contribution in [0.15, 0.2) is 46.6 Å². The van der Waals surface area contributed by atoms with Gasteiger partial charge < -0.3 is 19.0 Å². The molecule has 0 radical (unpaired) electrons. The van der Waals surface area contributed by atoms with E-state index in [1.807, 2.05) is 20.8 Å². The van der Waals surface area contributed by atoms with Gasteiger partial charge in [0.15, 0.2) is 18.0 Å². The molecule has 1 aromatic rings. The van der Waals surface area contributed by atoms with Crippen molar-refractivity contribution in [1.82, 2.24) is 0 Å². The molecule has 46 heavy (non-hydrogen) atoms. The number of hydrogen-bond donors (Lipinski definition) is 1. The molecular formula is C35H40F2O8S. The van der Waals surface area contributed by atoms with Gasteiger partial charge in [0.1, 0.15) is 11.8 Å². The fourth-order valence-electron chi connectivity index (χ4n) is 8.76. The molecule has 0 amide bonds. The Labute approximate surface area is 271 Å². The minimum atomic E-state index is -1.71. The van der Waals surface area contributed by atoms with Gasteiger partial charge in [-0.25, -0.2) is 13.6 Å². The Morgan fingerprint density at radius 2 is 1.96 bits per heavy atom. The van der Waals surface area contributed by atoms with E-state index in [1.54, 1.807) is 6.08 Å². The fraction of sp³-hybridized carbons (Fsp3) is 0.600. The molecule has 0 aromatic carbocycles. The summed E-state index contributed by atoms with van der Waals surface area (Å²) < 4.78 is 46.0. The fourth-order valence-corrected chi connectivity index (χ4v) is 9.76. The standard InChI is InChI=1S/C35H40F2O8S/c1-20-15-23-22-17-25(36)24-16-21(38)10-11-33(24,4)29(22)26(39)18-34(23,5)35(20,45-30(41)27-9-8-13-43-27)31(42)46-14-7-6-12-44-28(40)19-32(2,3)37/h8-11,13,16,20,22-23,25-26,29,39H,12,14-15,17-19H2,1-5H3/t20-,22?,23?,25+,26+,29?,33?,34?,35+/m1/s1. The van der Waals surface area contributed by atoms with Crippen LogP contribution in [0.1, 0.15) is 70.9 Å². The highest BCUT2D eigenvalue weighted by Gasteiger charge is 2.73. The first kappa shape index (κ1) is 34.1. The van der Waals surface area contributed by atoms with E-state index in [4.69, 9.17) is 13.9 Å². The highest BCUT2D eigenvalue weighted by molar-refractivity contribution is 8.14. The Balaban J connectivity index is 1.43. The van der Waals surface area contributed by atoms with Crippen molar-refractivity contribution < 1.29 is 47.0 Å². The molecule has 11 heteroatoms. The predicted octanol–water partition coefficient (Wildman–Crippen LogP) is 5.59. The number of allylic oxidation sites excluding steroid dienone is 4. The molecular weight excluding hydrogens is 618 g/mol. The van der Waals surface area contributed by atoms with E-state index in [2.05, 4.69) is 11.8 Å².